The summed E-state index contributed by atoms with van der Waals surface area (Å²) >= 11 is 0. The monoisotopic (exact) mass is 284 g/mol. The molecule has 2 aromatic heterocycles. The zero-order valence-electron chi connectivity index (χ0n) is 11.4. The highest BCUT2D eigenvalue weighted by Crippen LogP contribution is 2.29. The Kier molecular flexibility index (Phi) is 3.45. The van der Waals surface area contributed by atoms with Gasteiger partial charge in [0.15, 0.2) is 5.82 Å². The lowest BCUT2D eigenvalue weighted by Gasteiger charge is -2.21. The molecule has 1 N–H and O–H groups in total. The van der Waals surface area contributed by atoms with Gasteiger partial charge in [0.25, 0.3) is 0 Å². The van der Waals surface area contributed by atoms with Gasteiger partial charge in [0, 0.05) is 11.7 Å². The Morgan fingerprint density at radius 3 is 2.40 bits per heavy atom. The van der Waals surface area contributed by atoms with Gasteiger partial charge in [-0.3, -0.25) is 0 Å². The summed E-state index contributed by atoms with van der Waals surface area (Å²) in [6, 6.07) is 5.06. The number of pyridine rings is 1. The first kappa shape index (κ1) is 14.4. The van der Waals surface area contributed by atoms with Crippen molar-refractivity contribution in [2.24, 2.45) is 0 Å². The molecule has 108 valence electrons. The molecule has 0 atom stereocenters. The Hall–Kier alpha value is -2.05. The van der Waals surface area contributed by atoms with Crippen LogP contribution in [0.4, 0.5) is 19.0 Å². The van der Waals surface area contributed by atoms with Crippen LogP contribution in [0.25, 0.3) is 5.82 Å². The number of alkyl halides is 3. The quantitative estimate of drug-likeness (QED) is 0.917. The number of hydrogen-bond donors (Lipinski definition) is 1. The molecule has 2 heterocycles. The van der Waals surface area contributed by atoms with Gasteiger partial charge in [-0.15, -0.1) is 0 Å². The van der Waals surface area contributed by atoms with E-state index in [1.54, 1.807) is 18.2 Å². The van der Waals surface area contributed by atoms with Crippen molar-refractivity contribution in [3.05, 3.63) is 36.2 Å². The Balaban J connectivity index is 2.29. The average Bonchev–Trinajstić information content (AvgIpc) is 2.75. The molecule has 0 fully saturated rings. The summed E-state index contributed by atoms with van der Waals surface area (Å²) in [6.45, 7) is 5.91. The van der Waals surface area contributed by atoms with Crippen LogP contribution in [-0.4, -0.2) is 20.3 Å². The summed E-state index contributed by atoms with van der Waals surface area (Å²) in [4.78, 5) is 4.25. The fourth-order valence-electron chi connectivity index (χ4n) is 1.60. The van der Waals surface area contributed by atoms with Crippen molar-refractivity contribution in [2.45, 2.75) is 32.5 Å². The average molecular weight is 284 g/mol. The van der Waals surface area contributed by atoms with Crippen molar-refractivity contribution in [3.63, 3.8) is 0 Å². The van der Waals surface area contributed by atoms with Gasteiger partial charge < -0.3 is 5.32 Å². The van der Waals surface area contributed by atoms with E-state index in [0.717, 1.165) is 17.1 Å². The molecule has 0 saturated carbocycles. The normalized spacial score (nSPS) is 12.5. The van der Waals surface area contributed by atoms with Crippen molar-refractivity contribution in [2.75, 3.05) is 5.32 Å². The van der Waals surface area contributed by atoms with E-state index in [9.17, 15) is 13.2 Å². The molecule has 0 radical (unpaired) electrons. The summed E-state index contributed by atoms with van der Waals surface area (Å²) < 4.78 is 38.7. The van der Waals surface area contributed by atoms with E-state index in [1.165, 1.54) is 0 Å². The van der Waals surface area contributed by atoms with Gasteiger partial charge in [-0.05, 0) is 32.9 Å². The van der Waals surface area contributed by atoms with Crippen molar-refractivity contribution in [3.8, 4) is 5.82 Å². The van der Waals surface area contributed by atoms with Gasteiger partial charge in [0.2, 0.25) is 0 Å². The minimum absolute atomic E-state index is 0.188. The minimum Gasteiger partial charge on any atom is -0.365 e. The molecule has 7 heteroatoms. The molecule has 0 bridgehead atoms. The number of halogens is 3. The molecule has 20 heavy (non-hydrogen) atoms. The van der Waals surface area contributed by atoms with Gasteiger partial charge in [-0.25, -0.2) is 9.67 Å². The number of nitrogens with zero attached hydrogens (tertiary/aromatic N) is 3. The zero-order chi connectivity index (χ0) is 15.0. The third kappa shape index (κ3) is 3.49. The smallest absolute Gasteiger partial charge is 0.365 e. The summed E-state index contributed by atoms with van der Waals surface area (Å²) in [5, 5.41) is 6.85. The maximum atomic E-state index is 12.5. The molecule has 0 aliphatic carbocycles. The third-order valence-electron chi connectivity index (χ3n) is 2.38. The molecule has 0 amide bonds. The van der Waals surface area contributed by atoms with E-state index in [2.05, 4.69) is 15.4 Å². The van der Waals surface area contributed by atoms with Gasteiger partial charge in [-0.1, -0.05) is 6.07 Å². The van der Waals surface area contributed by atoms with Crippen molar-refractivity contribution < 1.29 is 13.2 Å². The van der Waals surface area contributed by atoms with Crippen LogP contribution in [0.1, 0.15) is 26.3 Å². The van der Waals surface area contributed by atoms with E-state index >= 15 is 0 Å². The SMILES string of the molecule is CC(C)(C)Nc1cccc(-n2cc(C(F)(F)F)cn2)n1. The Bertz CT molecular complexity index is 596. The second kappa shape index (κ2) is 4.81. The maximum absolute atomic E-state index is 12.5. The summed E-state index contributed by atoms with van der Waals surface area (Å²) in [5.41, 5.74) is -0.985. The first-order valence-electron chi connectivity index (χ1n) is 6.03. The molecule has 2 rings (SSSR count). The predicted octanol–water partition coefficient (Wildman–Crippen LogP) is 3.50. The number of rotatable bonds is 2. The second-order valence-electron chi connectivity index (χ2n) is 5.43. The van der Waals surface area contributed by atoms with Gasteiger partial charge in [0.05, 0.1) is 11.8 Å². The molecule has 0 unspecified atom stereocenters. The number of hydrogen-bond acceptors (Lipinski definition) is 3. The number of nitrogens with one attached hydrogen (secondary N) is 1. The zero-order valence-corrected chi connectivity index (χ0v) is 11.4. The van der Waals surface area contributed by atoms with Crippen LogP contribution >= 0.6 is 0 Å². The lowest BCUT2D eigenvalue weighted by Crippen LogP contribution is -2.26. The van der Waals surface area contributed by atoms with Crippen LogP contribution in [0, 0.1) is 0 Å². The largest absolute Gasteiger partial charge is 0.419 e. The highest BCUT2D eigenvalue weighted by atomic mass is 19.4. The maximum Gasteiger partial charge on any atom is 0.419 e. The molecule has 0 aromatic carbocycles. The van der Waals surface area contributed by atoms with E-state index in [0.29, 0.717) is 11.6 Å². The highest BCUT2D eigenvalue weighted by molar-refractivity contribution is 5.41. The van der Waals surface area contributed by atoms with Crippen molar-refractivity contribution in [1.29, 1.82) is 0 Å². The Labute approximate surface area is 114 Å². The Morgan fingerprint density at radius 1 is 1.15 bits per heavy atom. The molecule has 0 spiro atoms. The molecule has 0 aliphatic heterocycles. The lowest BCUT2D eigenvalue weighted by molar-refractivity contribution is -0.137. The molecular formula is C13H15F3N4. The number of anilines is 1. The third-order valence-corrected chi connectivity index (χ3v) is 2.38. The van der Waals surface area contributed by atoms with E-state index in [4.69, 9.17) is 0 Å². The standard InChI is InChI=1S/C13H15F3N4/c1-12(2,3)19-10-5-4-6-11(18-10)20-8-9(7-17-20)13(14,15)16/h4-8H,1-3H3,(H,18,19). The van der Waals surface area contributed by atoms with Crippen molar-refractivity contribution in [1.82, 2.24) is 14.8 Å². The lowest BCUT2D eigenvalue weighted by atomic mass is 10.1. The number of aromatic nitrogens is 3. The van der Waals surface area contributed by atoms with E-state index in [1.807, 2.05) is 20.8 Å². The van der Waals surface area contributed by atoms with Crippen LogP contribution in [0.5, 0.6) is 0 Å². The minimum atomic E-state index is -4.40. The van der Waals surface area contributed by atoms with E-state index < -0.39 is 11.7 Å². The van der Waals surface area contributed by atoms with Crippen molar-refractivity contribution >= 4 is 5.82 Å². The van der Waals surface area contributed by atoms with E-state index in [-0.39, 0.29) is 5.54 Å². The Morgan fingerprint density at radius 2 is 1.85 bits per heavy atom. The summed E-state index contributed by atoms with van der Waals surface area (Å²) in [5.74, 6) is 0.911. The van der Waals surface area contributed by atoms with Crippen LogP contribution in [0.15, 0.2) is 30.6 Å². The van der Waals surface area contributed by atoms with Crippen LogP contribution < -0.4 is 5.32 Å². The predicted molar refractivity (Wildman–Crippen MR) is 69.7 cm³/mol. The fourth-order valence-corrected chi connectivity index (χ4v) is 1.60. The molecular weight excluding hydrogens is 269 g/mol. The van der Waals surface area contributed by atoms with Crippen LogP contribution in [-0.2, 0) is 6.18 Å². The molecule has 0 saturated heterocycles. The highest BCUT2D eigenvalue weighted by Gasteiger charge is 2.32. The second-order valence-corrected chi connectivity index (χ2v) is 5.43. The first-order valence-corrected chi connectivity index (χ1v) is 6.03. The molecule has 2 aromatic rings. The fraction of sp³-hybridized carbons (Fsp3) is 0.385. The van der Waals surface area contributed by atoms with Crippen LogP contribution in [0.2, 0.25) is 0 Å². The topological polar surface area (TPSA) is 42.7 Å². The summed E-state index contributed by atoms with van der Waals surface area (Å²) in [7, 11) is 0. The van der Waals surface area contributed by atoms with Crippen LogP contribution in [0.3, 0.4) is 0 Å². The van der Waals surface area contributed by atoms with Gasteiger partial charge >= 0.3 is 6.18 Å². The summed E-state index contributed by atoms with van der Waals surface area (Å²) in [6.07, 6.45) is -2.70. The van der Waals surface area contributed by atoms with Gasteiger partial charge in [-0.2, -0.15) is 18.3 Å². The first-order chi connectivity index (χ1) is 9.15. The van der Waals surface area contributed by atoms with Gasteiger partial charge in [0.1, 0.15) is 5.82 Å². The molecule has 4 nitrogen and oxygen atoms in total. The molecule has 0 aliphatic rings.